The molecule has 0 N–H and O–H groups in total. The molecule has 46 valence electrons. The van der Waals surface area contributed by atoms with Crippen LogP contribution >= 0.6 is 0 Å². The standard InChI is InChI=1S/C7H8GeO/c1-2-9-8-6-4-3-5-7-8/h2-7H,1H2. The minimum atomic E-state index is -1.38. The molecule has 9 heavy (non-hydrogen) atoms. The molecule has 0 atom stereocenters. The van der Waals surface area contributed by atoms with Crippen LogP contribution in [0.4, 0.5) is 0 Å². The van der Waals surface area contributed by atoms with E-state index in [-0.39, 0.29) is 0 Å². The molecule has 0 saturated heterocycles. The molecule has 0 aromatic rings. The molecule has 0 unspecified atom stereocenters. The van der Waals surface area contributed by atoms with Crippen LogP contribution in [0.1, 0.15) is 0 Å². The quantitative estimate of drug-likeness (QED) is 0.458. The Hall–Kier alpha value is -0.567. The van der Waals surface area contributed by atoms with Crippen LogP contribution in [0.2, 0.25) is 0 Å². The molecule has 1 aliphatic rings. The molecule has 0 radical (unpaired) electrons. The third-order valence-electron chi connectivity index (χ3n) is 0.963. The van der Waals surface area contributed by atoms with Crippen molar-refractivity contribution in [2.75, 3.05) is 0 Å². The first-order valence-corrected chi connectivity index (χ1v) is 6.04. The Balaban J connectivity index is 2.60. The average molecular weight is 181 g/mol. The molecule has 0 bridgehead atoms. The second kappa shape index (κ2) is 3.46. The molecule has 0 fully saturated rings. The number of allylic oxidation sites excluding steroid dienone is 3. The number of hydrogen-bond acceptors (Lipinski definition) is 1. The maximum absolute atomic E-state index is 5.22. The van der Waals surface area contributed by atoms with E-state index < -0.39 is 14.2 Å². The first-order chi connectivity index (χ1) is 4.43. The van der Waals surface area contributed by atoms with Gasteiger partial charge in [0.1, 0.15) is 0 Å². The summed E-state index contributed by atoms with van der Waals surface area (Å²) in [6.45, 7) is 3.50. The molecular formula is C7H8GeO. The fourth-order valence-corrected chi connectivity index (χ4v) is 2.82. The van der Waals surface area contributed by atoms with E-state index in [9.17, 15) is 0 Å². The maximum atomic E-state index is 5.22. The predicted octanol–water partition coefficient (Wildman–Crippen LogP) is 1.19. The summed E-state index contributed by atoms with van der Waals surface area (Å²) >= 11 is -1.38. The van der Waals surface area contributed by atoms with Gasteiger partial charge in [-0.05, 0) is 0 Å². The summed E-state index contributed by atoms with van der Waals surface area (Å²) in [5.74, 6) is 0. The molecule has 1 aliphatic heterocycles. The van der Waals surface area contributed by atoms with E-state index in [0.29, 0.717) is 0 Å². The topological polar surface area (TPSA) is 9.23 Å². The van der Waals surface area contributed by atoms with Gasteiger partial charge in [0.05, 0.1) is 0 Å². The third-order valence-corrected chi connectivity index (χ3v) is 4.07. The second-order valence-corrected chi connectivity index (χ2v) is 5.18. The zero-order valence-corrected chi connectivity index (χ0v) is 7.18. The fraction of sp³-hybridized carbons (Fsp3) is 0. The first-order valence-electron chi connectivity index (χ1n) is 2.76. The number of hydrogen-bond donors (Lipinski definition) is 0. The van der Waals surface area contributed by atoms with Crippen molar-refractivity contribution in [2.24, 2.45) is 0 Å². The molecular weight excluding hydrogens is 173 g/mol. The zero-order chi connectivity index (χ0) is 6.53. The van der Waals surface area contributed by atoms with Crippen LogP contribution in [0.25, 0.3) is 0 Å². The van der Waals surface area contributed by atoms with Gasteiger partial charge in [0.15, 0.2) is 0 Å². The van der Waals surface area contributed by atoms with Crippen molar-refractivity contribution < 1.29 is 3.76 Å². The van der Waals surface area contributed by atoms with Gasteiger partial charge in [-0.1, -0.05) is 0 Å². The Morgan fingerprint density at radius 1 is 1.33 bits per heavy atom. The van der Waals surface area contributed by atoms with E-state index in [1.165, 1.54) is 6.26 Å². The Kier molecular flexibility index (Phi) is 2.52. The molecule has 1 heterocycles. The van der Waals surface area contributed by atoms with Gasteiger partial charge in [-0.3, -0.25) is 0 Å². The molecule has 0 spiro atoms. The molecule has 1 nitrogen and oxygen atoms in total. The van der Waals surface area contributed by atoms with E-state index in [1.54, 1.807) is 0 Å². The van der Waals surface area contributed by atoms with Crippen molar-refractivity contribution in [2.45, 2.75) is 0 Å². The SMILES string of the molecule is C=C[O][Ge]1=[CH]C=CC=[CH]1. The van der Waals surface area contributed by atoms with E-state index >= 15 is 0 Å². The third kappa shape index (κ3) is 2.02. The van der Waals surface area contributed by atoms with Crippen LogP contribution in [0.3, 0.4) is 0 Å². The molecule has 0 amide bonds. The van der Waals surface area contributed by atoms with Crippen molar-refractivity contribution >= 4 is 19.1 Å². The summed E-state index contributed by atoms with van der Waals surface area (Å²) in [7, 11) is 0. The van der Waals surface area contributed by atoms with Crippen LogP contribution in [0.15, 0.2) is 36.0 Å². The molecule has 0 aromatic heterocycles. The first kappa shape index (κ1) is 6.55. The Bertz CT molecular complexity index is 189. The van der Waals surface area contributed by atoms with Crippen LogP contribution < -0.4 is 0 Å². The summed E-state index contributed by atoms with van der Waals surface area (Å²) in [6, 6.07) is 0. The van der Waals surface area contributed by atoms with Crippen molar-refractivity contribution in [1.29, 1.82) is 0 Å². The normalized spacial score (nSPS) is 14.9. The van der Waals surface area contributed by atoms with Gasteiger partial charge < -0.3 is 0 Å². The summed E-state index contributed by atoms with van der Waals surface area (Å²) < 4.78 is 5.22. The second-order valence-electron chi connectivity index (χ2n) is 1.60. The van der Waals surface area contributed by atoms with Crippen LogP contribution in [-0.2, 0) is 3.76 Å². The monoisotopic (exact) mass is 182 g/mol. The molecule has 0 aliphatic carbocycles. The van der Waals surface area contributed by atoms with E-state index in [0.717, 1.165) is 0 Å². The van der Waals surface area contributed by atoms with Crippen molar-refractivity contribution in [1.82, 2.24) is 0 Å². The summed E-state index contributed by atoms with van der Waals surface area (Å²) in [6.07, 6.45) is 7.58. The Morgan fingerprint density at radius 3 is 2.78 bits per heavy atom. The minimum absolute atomic E-state index is 1.38. The van der Waals surface area contributed by atoms with Gasteiger partial charge in [-0.15, -0.1) is 0 Å². The van der Waals surface area contributed by atoms with Gasteiger partial charge in [0, 0.05) is 0 Å². The van der Waals surface area contributed by atoms with Gasteiger partial charge in [0.25, 0.3) is 0 Å². The van der Waals surface area contributed by atoms with Crippen molar-refractivity contribution in [3.05, 3.63) is 36.0 Å². The van der Waals surface area contributed by atoms with E-state index in [2.05, 4.69) is 16.3 Å². The molecule has 2 heteroatoms. The molecule has 1 rings (SSSR count). The fourth-order valence-electron chi connectivity index (χ4n) is 0.595. The van der Waals surface area contributed by atoms with Gasteiger partial charge in [-0.2, -0.15) is 0 Å². The van der Waals surface area contributed by atoms with Gasteiger partial charge in [0.2, 0.25) is 0 Å². The zero-order valence-electron chi connectivity index (χ0n) is 5.08. The van der Waals surface area contributed by atoms with Crippen LogP contribution in [-0.4, -0.2) is 19.1 Å². The predicted molar refractivity (Wildman–Crippen MR) is 41.4 cm³/mol. The summed E-state index contributed by atoms with van der Waals surface area (Å²) in [5.41, 5.74) is 0. The Morgan fingerprint density at radius 2 is 2.22 bits per heavy atom. The van der Waals surface area contributed by atoms with E-state index in [4.69, 9.17) is 3.76 Å². The van der Waals surface area contributed by atoms with Crippen molar-refractivity contribution in [3.8, 4) is 0 Å². The number of rotatable bonds is 2. The Labute approximate surface area is 59.3 Å². The van der Waals surface area contributed by atoms with Gasteiger partial charge >= 0.3 is 58.8 Å². The average Bonchev–Trinajstić information content (AvgIpc) is 1.91. The molecule has 0 aromatic carbocycles. The van der Waals surface area contributed by atoms with E-state index in [1.807, 2.05) is 18.2 Å². The summed E-state index contributed by atoms with van der Waals surface area (Å²) in [4.78, 5) is 4.25. The summed E-state index contributed by atoms with van der Waals surface area (Å²) in [5, 5.41) is 0. The van der Waals surface area contributed by atoms with Crippen LogP contribution in [0.5, 0.6) is 0 Å². The van der Waals surface area contributed by atoms with Crippen LogP contribution in [0, 0.1) is 0 Å². The van der Waals surface area contributed by atoms with Gasteiger partial charge in [-0.25, -0.2) is 0 Å². The van der Waals surface area contributed by atoms with Crippen molar-refractivity contribution in [3.63, 3.8) is 0 Å². The molecule has 0 saturated carbocycles.